The minimum atomic E-state index is -0.996. The lowest BCUT2D eigenvalue weighted by Gasteiger charge is -2.24. The number of nitrogens with one attached hydrogen (secondary N) is 2. The molecule has 11 heteroatoms. The zero-order valence-corrected chi connectivity index (χ0v) is 23.2. The lowest BCUT2D eigenvalue weighted by molar-refractivity contribution is -0.127. The number of thiophene rings is 1. The molecule has 1 aromatic heterocycles. The van der Waals surface area contributed by atoms with E-state index in [1.165, 1.54) is 0 Å². The summed E-state index contributed by atoms with van der Waals surface area (Å²) < 4.78 is 5.26. The van der Waals surface area contributed by atoms with Gasteiger partial charge in [0, 0.05) is 43.1 Å². The fourth-order valence-corrected chi connectivity index (χ4v) is 4.97. The van der Waals surface area contributed by atoms with Crippen molar-refractivity contribution < 1.29 is 24.2 Å². The first-order chi connectivity index (χ1) is 17.5. The summed E-state index contributed by atoms with van der Waals surface area (Å²) >= 11 is 1.61. The van der Waals surface area contributed by atoms with Crippen molar-refractivity contribution in [2.75, 3.05) is 26.2 Å². The Balaban J connectivity index is 1.97. The average Bonchev–Trinajstić information content (AvgIpc) is 3.08. The Morgan fingerprint density at radius 1 is 1.14 bits per heavy atom. The normalized spacial score (nSPS) is 13.1. The Kier molecular flexibility index (Phi) is 11.9. The summed E-state index contributed by atoms with van der Waals surface area (Å²) in [5, 5.41) is 13.8. The topological polar surface area (TPSA) is 146 Å². The number of aliphatic imine (C=N–C) groups is 1. The van der Waals surface area contributed by atoms with Crippen LogP contribution in [0.25, 0.3) is 6.08 Å². The average molecular weight is 536 g/mol. The maximum Gasteiger partial charge on any atom is 0.407 e. The SMILES string of the molecule is CCCN(CCCNC(=O)OC(C)(C)C)C(=O)C1=Cc2sc(CCCCCNC(=O)O)cc2N=C(N)C1. The number of alkyl carbamates (subject to hydrolysis) is 1. The largest absolute Gasteiger partial charge is 0.465 e. The number of hydrogen-bond donors (Lipinski definition) is 4. The monoisotopic (exact) mass is 535 g/mol. The summed E-state index contributed by atoms with van der Waals surface area (Å²) in [4.78, 5) is 44.3. The molecule has 2 heterocycles. The van der Waals surface area contributed by atoms with Crippen LogP contribution in [-0.2, 0) is 16.0 Å². The number of carbonyl (C=O) groups is 3. The lowest BCUT2D eigenvalue weighted by atomic mass is 10.1. The molecule has 0 saturated heterocycles. The second-order valence-corrected chi connectivity index (χ2v) is 11.2. The van der Waals surface area contributed by atoms with E-state index >= 15 is 0 Å². The standard InChI is InChI=1S/C26H41N5O5S/c1-5-13-31(14-9-12-29-25(35)36-26(2,3)4)23(32)18-15-21-20(30-22(27)16-18)17-19(37-21)10-7-6-8-11-28-24(33)34/h15,17,28H,5-14,16H2,1-4H3,(H2,27,30)(H,29,35)(H,33,34). The molecule has 0 spiro atoms. The molecule has 10 nitrogen and oxygen atoms in total. The van der Waals surface area contributed by atoms with Gasteiger partial charge in [0.2, 0.25) is 5.91 Å². The van der Waals surface area contributed by atoms with Crippen LogP contribution >= 0.6 is 11.3 Å². The number of carboxylic acid groups (broad SMARTS) is 1. The molecule has 0 unspecified atom stereocenters. The first-order valence-corrected chi connectivity index (χ1v) is 13.7. The van der Waals surface area contributed by atoms with Crippen LogP contribution < -0.4 is 16.4 Å². The highest BCUT2D eigenvalue weighted by molar-refractivity contribution is 7.13. The maximum atomic E-state index is 13.4. The van der Waals surface area contributed by atoms with Crippen molar-refractivity contribution >= 4 is 47.0 Å². The Hall–Kier alpha value is -3.08. The van der Waals surface area contributed by atoms with Crippen molar-refractivity contribution in [1.29, 1.82) is 0 Å². The van der Waals surface area contributed by atoms with E-state index in [2.05, 4.69) is 15.6 Å². The molecule has 37 heavy (non-hydrogen) atoms. The van der Waals surface area contributed by atoms with Gasteiger partial charge >= 0.3 is 12.2 Å². The van der Waals surface area contributed by atoms with E-state index in [1.54, 1.807) is 16.2 Å². The molecule has 1 aliphatic heterocycles. The highest BCUT2D eigenvalue weighted by Gasteiger charge is 2.22. The van der Waals surface area contributed by atoms with Gasteiger partial charge in [0.15, 0.2) is 0 Å². The molecule has 0 aromatic carbocycles. The van der Waals surface area contributed by atoms with E-state index < -0.39 is 17.8 Å². The van der Waals surface area contributed by atoms with Crippen molar-refractivity contribution in [3.8, 4) is 0 Å². The molecule has 5 N–H and O–H groups in total. The molecular weight excluding hydrogens is 494 g/mol. The number of nitrogens with zero attached hydrogens (tertiary/aromatic N) is 2. The summed E-state index contributed by atoms with van der Waals surface area (Å²) in [6.45, 7) is 9.46. The van der Waals surface area contributed by atoms with Gasteiger partial charge in [0.1, 0.15) is 11.4 Å². The Labute approximate surface area is 223 Å². The third-order valence-corrected chi connectivity index (χ3v) is 6.57. The molecule has 0 radical (unpaired) electrons. The van der Waals surface area contributed by atoms with Crippen LogP contribution in [0.15, 0.2) is 16.6 Å². The van der Waals surface area contributed by atoms with Gasteiger partial charge < -0.3 is 31.1 Å². The predicted octanol–water partition coefficient (Wildman–Crippen LogP) is 4.66. The van der Waals surface area contributed by atoms with Crippen LogP contribution in [0.3, 0.4) is 0 Å². The molecule has 1 aromatic rings. The van der Waals surface area contributed by atoms with Gasteiger partial charge in [0.25, 0.3) is 0 Å². The van der Waals surface area contributed by atoms with E-state index in [1.807, 2.05) is 39.8 Å². The maximum absolute atomic E-state index is 13.4. The predicted molar refractivity (Wildman–Crippen MR) is 148 cm³/mol. The molecule has 0 atom stereocenters. The quantitative estimate of drug-likeness (QED) is 0.270. The highest BCUT2D eigenvalue weighted by atomic mass is 32.1. The van der Waals surface area contributed by atoms with Crippen LogP contribution in [0.1, 0.15) is 76.0 Å². The van der Waals surface area contributed by atoms with Gasteiger partial charge in [-0.25, -0.2) is 14.6 Å². The summed E-state index contributed by atoms with van der Waals surface area (Å²) in [5.41, 5.74) is 7.02. The van der Waals surface area contributed by atoms with Crippen LogP contribution in [0.2, 0.25) is 0 Å². The van der Waals surface area contributed by atoms with E-state index in [-0.39, 0.29) is 5.91 Å². The molecule has 206 valence electrons. The number of amidine groups is 1. The fourth-order valence-electron chi connectivity index (χ4n) is 3.86. The lowest BCUT2D eigenvalue weighted by Crippen LogP contribution is -2.37. The van der Waals surface area contributed by atoms with Gasteiger partial charge in [-0.3, -0.25) is 4.79 Å². The van der Waals surface area contributed by atoms with Crippen molar-refractivity contribution in [2.45, 2.75) is 78.2 Å². The number of carbonyl (C=O) groups excluding carboxylic acids is 2. The first kappa shape index (κ1) is 30.1. The molecule has 0 saturated carbocycles. The Bertz CT molecular complexity index is 996. The van der Waals surface area contributed by atoms with Gasteiger partial charge in [0.05, 0.1) is 10.6 Å². The summed E-state index contributed by atoms with van der Waals surface area (Å²) in [7, 11) is 0. The second-order valence-electron chi connectivity index (χ2n) is 10.0. The van der Waals surface area contributed by atoms with Crippen LogP contribution in [0, 0.1) is 0 Å². The highest BCUT2D eigenvalue weighted by Crippen LogP contribution is 2.35. The first-order valence-electron chi connectivity index (χ1n) is 12.9. The van der Waals surface area contributed by atoms with Crippen molar-refractivity contribution in [3.63, 3.8) is 0 Å². The number of fused-ring (bicyclic) bond motifs is 1. The molecule has 0 fully saturated rings. The van der Waals surface area contributed by atoms with Crippen LogP contribution in [-0.4, -0.2) is 65.7 Å². The van der Waals surface area contributed by atoms with Crippen LogP contribution in [0.5, 0.6) is 0 Å². The third-order valence-electron chi connectivity index (χ3n) is 5.44. The number of unbranched alkanes of at least 4 members (excludes halogenated alkanes) is 2. The number of amides is 3. The Morgan fingerprint density at radius 3 is 2.54 bits per heavy atom. The van der Waals surface area contributed by atoms with Gasteiger partial charge in [-0.2, -0.15) is 0 Å². The summed E-state index contributed by atoms with van der Waals surface area (Å²) in [6, 6.07) is 2.03. The molecule has 0 bridgehead atoms. The molecular formula is C26H41N5O5S. The van der Waals surface area contributed by atoms with E-state index in [4.69, 9.17) is 15.6 Å². The number of rotatable bonds is 13. The number of ether oxygens (including phenoxy) is 1. The second kappa shape index (κ2) is 14.6. The summed E-state index contributed by atoms with van der Waals surface area (Å²) in [6.07, 6.45) is 5.69. The van der Waals surface area contributed by atoms with E-state index in [0.717, 1.165) is 47.5 Å². The van der Waals surface area contributed by atoms with Crippen molar-refractivity contribution in [1.82, 2.24) is 15.5 Å². The minimum absolute atomic E-state index is 0.0639. The Morgan fingerprint density at radius 2 is 1.86 bits per heavy atom. The number of aryl methyl sites for hydroxylation is 1. The molecule has 0 aliphatic carbocycles. The van der Waals surface area contributed by atoms with E-state index in [9.17, 15) is 14.4 Å². The van der Waals surface area contributed by atoms with E-state index in [0.29, 0.717) is 50.4 Å². The molecule has 1 aliphatic rings. The minimum Gasteiger partial charge on any atom is -0.465 e. The third kappa shape index (κ3) is 11.2. The molecule has 2 rings (SSSR count). The van der Waals surface area contributed by atoms with Crippen LogP contribution in [0.4, 0.5) is 15.3 Å². The van der Waals surface area contributed by atoms with Gasteiger partial charge in [-0.05, 0) is 65.0 Å². The smallest absolute Gasteiger partial charge is 0.407 e. The molecule has 3 amide bonds. The van der Waals surface area contributed by atoms with Crippen molar-refractivity contribution in [2.24, 2.45) is 10.7 Å². The summed E-state index contributed by atoms with van der Waals surface area (Å²) in [5.74, 6) is 0.344. The van der Waals surface area contributed by atoms with Gasteiger partial charge in [-0.15, -0.1) is 11.3 Å². The van der Waals surface area contributed by atoms with Crippen molar-refractivity contribution in [3.05, 3.63) is 21.4 Å². The zero-order valence-electron chi connectivity index (χ0n) is 22.4. The zero-order chi connectivity index (χ0) is 27.4. The number of nitrogens with two attached hydrogens (primary N) is 1. The van der Waals surface area contributed by atoms with Gasteiger partial charge in [-0.1, -0.05) is 13.3 Å². The number of hydrogen-bond acceptors (Lipinski definition) is 7. The fraction of sp³-hybridized carbons (Fsp3) is 0.615.